The van der Waals surface area contributed by atoms with Crippen molar-refractivity contribution in [3.05, 3.63) is 35.4 Å². The molecule has 1 atom stereocenters. The van der Waals surface area contributed by atoms with Crippen LogP contribution in [0.15, 0.2) is 24.3 Å². The molecule has 1 unspecified atom stereocenters. The molecule has 0 bridgehead atoms. The van der Waals surface area contributed by atoms with E-state index in [1.165, 1.54) is 0 Å². The molecule has 1 heterocycles. The first-order chi connectivity index (χ1) is 7.81. The third-order valence-corrected chi connectivity index (χ3v) is 5.06. The summed E-state index contributed by atoms with van der Waals surface area (Å²) >= 11 is 0. The minimum absolute atomic E-state index is 0.0211. The molecule has 1 aliphatic heterocycles. The van der Waals surface area contributed by atoms with E-state index in [0.717, 1.165) is 11.1 Å². The molecule has 4 heteroatoms. The molecule has 1 aliphatic rings. The number of ketones is 1. The summed E-state index contributed by atoms with van der Waals surface area (Å²) in [7, 11) is -3.18. The van der Waals surface area contributed by atoms with E-state index in [1.54, 1.807) is 6.92 Å². The number of Topliss-reactive ketones (excluding diaryl/α,β-unsaturated/α-hetero) is 1. The zero-order valence-electron chi connectivity index (χ0n) is 10.1. The van der Waals surface area contributed by atoms with Crippen molar-refractivity contribution in [1.82, 2.24) is 0 Å². The van der Waals surface area contributed by atoms with Crippen LogP contribution in [0, 0.1) is 12.3 Å². The second-order valence-corrected chi connectivity index (χ2v) is 7.24. The molecule has 1 saturated heterocycles. The highest BCUT2D eigenvalue weighted by molar-refractivity contribution is 7.92. The predicted molar refractivity (Wildman–Crippen MR) is 66.7 cm³/mol. The highest BCUT2D eigenvalue weighted by Crippen LogP contribution is 2.32. The van der Waals surface area contributed by atoms with Gasteiger partial charge in [0, 0.05) is 5.41 Å². The third-order valence-electron chi connectivity index (χ3n) is 3.28. The van der Waals surface area contributed by atoms with Crippen LogP contribution < -0.4 is 0 Å². The van der Waals surface area contributed by atoms with Gasteiger partial charge in [0.05, 0.1) is 5.75 Å². The average Bonchev–Trinajstić information content (AvgIpc) is 2.39. The van der Waals surface area contributed by atoms with Crippen LogP contribution in [0.4, 0.5) is 0 Å². The maximum absolute atomic E-state index is 11.8. The van der Waals surface area contributed by atoms with Crippen LogP contribution in [-0.2, 0) is 21.1 Å². The van der Waals surface area contributed by atoms with Crippen molar-refractivity contribution in [2.75, 3.05) is 11.5 Å². The zero-order valence-corrected chi connectivity index (χ0v) is 10.9. The van der Waals surface area contributed by atoms with Crippen LogP contribution in [0.2, 0.25) is 0 Å². The maximum atomic E-state index is 11.8. The normalized spacial score (nSPS) is 27.3. The number of carbonyl (C=O) groups is 1. The van der Waals surface area contributed by atoms with Crippen molar-refractivity contribution in [3.63, 3.8) is 0 Å². The molecular formula is C13H16O3S. The van der Waals surface area contributed by atoms with E-state index in [1.807, 2.05) is 31.2 Å². The molecule has 92 valence electrons. The lowest BCUT2D eigenvalue weighted by Gasteiger charge is -2.20. The Balaban J connectivity index is 2.24. The quantitative estimate of drug-likeness (QED) is 0.802. The fraction of sp³-hybridized carbons (Fsp3) is 0.462. The predicted octanol–water partition coefficient (Wildman–Crippen LogP) is 1.54. The summed E-state index contributed by atoms with van der Waals surface area (Å²) in [5.41, 5.74) is 1.43. The summed E-state index contributed by atoms with van der Waals surface area (Å²) in [5, 5.41) is 0. The van der Waals surface area contributed by atoms with Gasteiger partial charge in [0.15, 0.2) is 15.6 Å². The summed E-state index contributed by atoms with van der Waals surface area (Å²) in [5.74, 6) is -0.472. The van der Waals surface area contributed by atoms with Crippen LogP contribution in [0.5, 0.6) is 0 Å². The van der Waals surface area contributed by atoms with Crippen molar-refractivity contribution in [1.29, 1.82) is 0 Å². The Morgan fingerprint density at radius 2 is 1.82 bits per heavy atom. The largest absolute Gasteiger partial charge is 0.298 e. The van der Waals surface area contributed by atoms with Crippen LogP contribution in [0.3, 0.4) is 0 Å². The number of carbonyl (C=O) groups excluding carboxylic acids is 1. The van der Waals surface area contributed by atoms with E-state index in [-0.39, 0.29) is 17.3 Å². The first-order valence-corrected chi connectivity index (χ1v) is 7.42. The van der Waals surface area contributed by atoms with Crippen molar-refractivity contribution < 1.29 is 13.2 Å². The molecule has 2 rings (SSSR count). The Bertz CT molecular complexity index is 543. The van der Waals surface area contributed by atoms with E-state index in [2.05, 4.69) is 0 Å². The smallest absolute Gasteiger partial charge is 0.158 e. The molecule has 1 fully saturated rings. The van der Waals surface area contributed by atoms with Crippen molar-refractivity contribution in [2.45, 2.75) is 20.3 Å². The summed E-state index contributed by atoms with van der Waals surface area (Å²) in [6.07, 6.45) is 0.505. The molecule has 3 nitrogen and oxygen atoms in total. The Kier molecular flexibility index (Phi) is 2.86. The average molecular weight is 252 g/mol. The number of hydrogen-bond acceptors (Lipinski definition) is 3. The van der Waals surface area contributed by atoms with Crippen LogP contribution in [0.25, 0.3) is 0 Å². The van der Waals surface area contributed by atoms with Gasteiger partial charge in [-0.1, -0.05) is 36.8 Å². The van der Waals surface area contributed by atoms with E-state index >= 15 is 0 Å². The molecule has 1 aromatic rings. The Morgan fingerprint density at radius 1 is 1.24 bits per heavy atom. The van der Waals surface area contributed by atoms with E-state index in [4.69, 9.17) is 0 Å². The first-order valence-electron chi connectivity index (χ1n) is 5.60. The van der Waals surface area contributed by atoms with Gasteiger partial charge in [-0.3, -0.25) is 4.79 Å². The highest BCUT2D eigenvalue weighted by Gasteiger charge is 2.45. The molecular weight excluding hydrogens is 236 g/mol. The fourth-order valence-corrected chi connectivity index (χ4v) is 4.38. The van der Waals surface area contributed by atoms with E-state index in [0.29, 0.717) is 6.42 Å². The molecule has 0 radical (unpaired) electrons. The standard InChI is InChI=1S/C13H16O3S/c1-10-3-5-11(6-4-10)7-13(2)9-17(15,16)8-12(13)14/h3-6H,7-9H2,1-2H3. The monoisotopic (exact) mass is 252 g/mol. The van der Waals surface area contributed by atoms with Gasteiger partial charge in [-0.2, -0.15) is 0 Å². The number of benzene rings is 1. The maximum Gasteiger partial charge on any atom is 0.158 e. The lowest BCUT2D eigenvalue weighted by atomic mass is 9.82. The molecule has 0 aliphatic carbocycles. The molecule has 17 heavy (non-hydrogen) atoms. The Hall–Kier alpha value is -1.16. The number of aryl methyl sites for hydroxylation is 1. The Morgan fingerprint density at radius 3 is 2.29 bits per heavy atom. The summed E-state index contributed by atoms with van der Waals surface area (Å²) in [6, 6.07) is 7.87. The second kappa shape index (κ2) is 3.95. The van der Waals surface area contributed by atoms with Crippen molar-refractivity contribution in [3.8, 4) is 0 Å². The molecule has 0 spiro atoms. The summed E-state index contributed by atoms with van der Waals surface area (Å²) in [4.78, 5) is 11.8. The molecule has 1 aromatic carbocycles. The number of hydrogen-bond donors (Lipinski definition) is 0. The summed E-state index contributed by atoms with van der Waals surface area (Å²) < 4.78 is 23.0. The number of rotatable bonds is 2. The van der Waals surface area contributed by atoms with Gasteiger partial charge in [-0.25, -0.2) is 8.42 Å². The fourth-order valence-electron chi connectivity index (χ4n) is 2.30. The highest BCUT2D eigenvalue weighted by atomic mass is 32.2. The van der Waals surface area contributed by atoms with Gasteiger partial charge in [0.2, 0.25) is 0 Å². The zero-order chi connectivity index (χ0) is 12.7. The van der Waals surface area contributed by atoms with Gasteiger partial charge >= 0.3 is 0 Å². The lowest BCUT2D eigenvalue weighted by Crippen LogP contribution is -2.28. The number of sulfone groups is 1. The first kappa shape index (κ1) is 12.3. The van der Waals surface area contributed by atoms with Gasteiger partial charge in [-0.15, -0.1) is 0 Å². The van der Waals surface area contributed by atoms with Gasteiger partial charge < -0.3 is 0 Å². The molecule has 0 saturated carbocycles. The third kappa shape index (κ3) is 2.57. The molecule has 0 aromatic heterocycles. The second-order valence-electron chi connectivity index (χ2n) is 5.18. The van der Waals surface area contributed by atoms with Gasteiger partial charge in [0.25, 0.3) is 0 Å². The minimum atomic E-state index is -3.18. The Labute approximate surface area is 102 Å². The van der Waals surface area contributed by atoms with Crippen molar-refractivity contribution in [2.24, 2.45) is 5.41 Å². The van der Waals surface area contributed by atoms with Crippen molar-refractivity contribution >= 4 is 15.6 Å². The molecule has 0 amide bonds. The lowest BCUT2D eigenvalue weighted by molar-refractivity contribution is -0.123. The van der Waals surface area contributed by atoms with Crippen LogP contribution in [0.1, 0.15) is 18.1 Å². The van der Waals surface area contributed by atoms with Gasteiger partial charge in [0.1, 0.15) is 5.75 Å². The minimum Gasteiger partial charge on any atom is -0.298 e. The topological polar surface area (TPSA) is 51.2 Å². The van der Waals surface area contributed by atoms with Gasteiger partial charge in [-0.05, 0) is 18.9 Å². The van der Waals surface area contributed by atoms with Crippen LogP contribution in [-0.4, -0.2) is 25.7 Å². The molecule has 0 N–H and O–H groups in total. The van der Waals surface area contributed by atoms with Crippen LogP contribution >= 0.6 is 0 Å². The SMILES string of the molecule is Cc1ccc(CC2(C)CS(=O)(=O)CC2=O)cc1. The van der Waals surface area contributed by atoms with E-state index < -0.39 is 15.3 Å². The summed E-state index contributed by atoms with van der Waals surface area (Å²) in [6.45, 7) is 3.75. The van der Waals surface area contributed by atoms with E-state index in [9.17, 15) is 13.2 Å².